The molecule has 0 amide bonds. The Balaban J connectivity index is 1.10. The zero-order valence-electron chi connectivity index (χ0n) is 29.3. The summed E-state index contributed by atoms with van der Waals surface area (Å²) in [7, 11) is -3.08. The predicted octanol–water partition coefficient (Wildman–Crippen LogP) is 11.0. The molecule has 256 valence electrons. The molecule has 4 nitrogen and oxygen atoms in total. The number of hydrogen-bond acceptors (Lipinski definition) is 4. The van der Waals surface area contributed by atoms with Gasteiger partial charge in [-0.05, 0) is 45.2 Å². The molecule has 9 rings (SSSR count). The smallest absolute Gasteiger partial charge is 0.171 e. The molecule has 0 aliphatic carbocycles. The normalized spacial score (nSPS) is 11.4. The van der Waals surface area contributed by atoms with Crippen LogP contribution in [-0.4, -0.2) is 15.0 Å². The molecular weight excluding hydrogens is 678 g/mol. The van der Waals surface area contributed by atoms with Crippen LogP contribution in [0.4, 0.5) is 0 Å². The Morgan fingerprint density at radius 2 is 0.704 bits per heavy atom. The van der Waals surface area contributed by atoms with Crippen molar-refractivity contribution >= 4 is 33.8 Å². The average Bonchev–Trinajstić information content (AvgIpc) is 3.27. The number of fused-ring (bicyclic) bond motifs is 1. The molecule has 0 aliphatic heterocycles. The zero-order chi connectivity index (χ0) is 36.3. The molecule has 5 heteroatoms. The molecule has 0 atom stereocenters. The first-order valence-electron chi connectivity index (χ1n) is 18.0. The fraction of sp³-hybridized carbons (Fsp3) is 0. The van der Waals surface area contributed by atoms with Crippen LogP contribution >= 0.6 is 7.14 Å². The van der Waals surface area contributed by atoms with Gasteiger partial charge in [-0.15, -0.1) is 0 Å². The third-order valence-corrected chi connectivity index (χ3v) is 12.9. The van der Waals surface area contributed by atoms with Gasteiger partial charge < -0.3 is 4.57 Å². The first kappa shape index (κ1) is 33.1. The van der Waals surface area contributed by atoms with Gasteiger partial charge in [0.2, 0.25) is 0 Å². The van der Waals surface area contributed by atoms with Gasteiger partial charge in [0.1, 0.15) is 0 Å². The Labute approximate surface area is 314 Å². The summed E-state index contributed by atoms with van der Waals surface area (Å²) in [5.74, 6) is 1.90. The van der Waals surface area contributed by atoms with Gasteiger partial charge in [-0.3, -0.25) is 0 Å². The van der Waals surface area contributed by atoms with E-state index in [9.17, 15) is 0 Å². The molecule has 0 saturated heterocycles. The van der Waals surface area contributed by atoms with Crippen molar-refractivity contribution in [1.29, 1.82) is 0 Å². The third kappa shape index (κ3) is 6.34. The maximum Gasteiger partial charge on any atom is 0.171 e. The maximum absolute atomic E-state index is 15.0. The van der Waals surface area contributed by atoms with E-state index in [1.807, 2.05) is 133 Å². The van der Waals surface area contributed by atoms with Gasteiger partial charge in [0.25, 0.3) is 0 Å². The van der Waals surface area contributed by atoms with Crippen molar-refractivity contribution in [2.45, 2.75) is 0 Å². The molecule has 1 aromatic heterocycles. The highest BCUT2D eigenvalue weighted by molar-refractivity contribution is 7.85. The minimum Gasteiger partial charge on any atom is -0.309 e. The van der Waals surface area contributed by atoms with Gasteiger partial charge >= 0.3 is 0 Å². The molecule has 0 fully saturated rings. The van der Waals surface area contributed by atoms with Crippen LogP contribution in [0.1, 0.15) is 0 Å². The fourth-order valence-electron chi connectivity index (χ4n) is 7.04. The molecule has 8 aromatic carbocycles. The Kier molecular flexibility index (Phi) is 8.80. The van der Waals surface area contributed by atoms with E-state index < -0.39 is 7.14 Å². The van der Waals surface area contributed by atoms with Crippen LogP contribution in [0.25, 0.3) is 67.2 Å². The minimum absolute atomic E-state index is 0.622. The Morgan fingerprint density at radius 1 is 0.315 bits per heavy atom. The molecular formula is C49H34N3OP. The summed E-state index contributed by atoms with van der Waals surface area (Å²) in [6.07, 6.45) is 0. The number of aromatic nitrogens is 3. The second-order valence-corrected chi connectivity index (χ2v) is 16.0. The largest absolute Gasteiger partial charge is 0.309 e. The van der Waals surface area contributed by atoms with Crippen molar-refractivity contribution in [1.82, 2.24) is 15.0 Å². The van der Waals surface area contributed by atoms with Crippen LogP contribution in [0.5, 0.6) is 0 Å². The van der Waals surface area contributed by atoms with Crippen LogP contribution < -0.4 is 15.9 Å². The van der Waals surface area contributed by atoms with Gasteiger partial charge in [0, 0.05) is 32.6 Å². The van der Waals surface area contributed by atoms with E-state index in [2.05, 4.69) is 72.8 Å². The molecule has 1 heterocycles. The van der Waals surface area contributed by atoms with E-state index in [4.69, 9.17) is 15.0 Å². The number of rotatable bonds is 8. The van der Waals surface area contributed by atoms with E-state index in [1.165, 1.54) is 0 Å². The molecule has 0 aliphatic rings. The van der Waals surface area contributed by atoms with Crippen molar-refractivity contribution in [2.24, 2.45) is 0 Å². The lowest BCUT2D eigenvalue weighted by atomic mass is 9.93. The Bertz CT molecular complexity index is 2650. The molecule has 0 bridgehead atoms. The van der Waals surface area contributed by atoms with Gasteiger partial charge in [0.15, 0.2) is 24.6 Å². The first-order valence-corrected chi connectivity index (χ1v) is 19.7. The Morgan fingerprint density at radius 3 is 1.22 bits per heavy atom. The van der Waals surface area contributed by atoms with Crippen molar-refractivity contribution in [3.05, 3.63) is 206 Å². The summed E-state index contributed by atoms with van der Waals surface area (Å²) in [5, 5.41) is 4.76. The molecule has 0 unspecified atom stereocenters. The number of benzene rings is 8. The lowest BCUT2D eigenvalue weighted by Crippen LogP contribution is -2.24. The topological polar surface area (TPSA) is 55.7 Å². The van der Waals surface area contributed by atoms with Crippen LogP contribution in [0, 0.1) is 0 Å². The first-order chi connectivity index (χ1) is 26.6. The fourth-order valence-corrected chi connectivity index (χ4v) is 9.69. The standard InChI is InChI=1S/C49H34N3OP/c53-54(42-20-9-3-10-21-42,43-22-11-4-12-23-43)44-31-29-36(30-32-44)46-34-41(33-40-19-13-14-24-45(40)46)35-25-27-39(28-26-35)49-51-47(37-15-5-1-6-16-37)50-48(52-49)38-17-7-2-8-18-38/h1-34H. The van der Waals surface area contributed by atoms with Crippen LogP contribution in [0.2, 0.25) is 0 Å². The lowest BCUT2D eigenvalue weighted by Gasteiger charge is -2.20. The van der Waals surface area contributed by atoms with E-state index in [-0.39, 0.29) is 0 Å². The van der Waals surface area contributed by atoms with Gasteiger partial charge in [-0.2, -0.15) is 0 Å². The highest BCUT2D eigenvalue weighted by Gasteiger charge is 2.29. The van der Waals surface area contributed by atoms with Gasteiger partial charge in [-0.25, -0.2) is 15.0 Å². The van der Waals surface area contributed by atoms with Crippen LogP contribution in [0.15, 0.2) is 206 Å². The number of nitrogens with zero attached hydrogens (tertiary/aromatic N) is 3. The zero-order valence-corrected chi connectivity index (χ0v) is 30.2. The summed E-state index contributed by atoms with van der Waals surface area (Å²) in [6.45, 7) is 0. The van der Waals surface area contributed by atoms with Gasteiger partial charge in [0.05, 0.1) is 0 Å². The highest BCUT2D eigenvalue weighted by Crippen LogP contribution is 2.43. The summed E-state index contributed by atoms with van der Waals surface area (Å²) in [4.78, 5) is 14.7. The molecule has 0 saturated carbocycles. The van der Waals surface area contributed by atoms with E-state index in [0.29, 0.717) is 17.5 Å². The second kappa shape index (κ2) is 14.4. The summed E-state index contributed by atoms with van der Waals surface area (Å²) < 4.78 is 15.0. The Hall–Kier alpha value is -6.74. The minimum atomic E-state index is -3.08. The molecule has 0 spiro atoms. The quantitative estimate of drug-likeness (QED) is 0.147. The van der Waals surface area contributed by atoms with Gasteiger partial charge in [-0.1, -0.05) is 194 Å². The summed E-state index contributed by atoms with van der Waals surface area (Å²) in [6, 6.07) is 69.4. The van der Waals surface area contributed by atoms with Crippen molar-refractivity contribution in [2.75, 3.05) is 0 Å². The monoisotopic (exact) mass is 711 g/mol. The maximum atomic E-state index is 15.0. The average molecular weight is 712 g/mol. The molecule has 9 aromatic rings. The number of hydrogen-bond donors (Lipinski definition) is 0. The van der Waals surface area contributed by atoms with E-state index in [1.54, 1.807) is 0 Å². The second-order valence-electron chi connectivity index (χ2n) is 13.2. The van der Waals surface area contributed by atoms with Crippen molar-refractivity contribution in [3.8, 4) is 56.4 Å². The highest BCUT2D eigenvalue weighted by atomic mass is 31.2. The summed E-state index contributed by atoms with van der Waals surface area (Å²) >= 11 is 0. The molecule has 0 radical (unpaired) electrons. The molecule has 0 N–H and O–H groups in total. The van der Waals surface area contributed by atoms with E-state index >= 15 is 4.57 Å². The van der Waals surface area contributed by atoms with Crippen LogP contribution in [0.3, 0.4) is 0 Å². The van der Waals surface area contributed by atoms with Crippen LogP contribution in [-0.2, 0) is 4.57 Å². The van der Waals surface area contributed by atoms with Crippen molar-refractivity contribution in [3.63, 3.8) is 0 Å². The summed E-state index contributed by atoms with van der Waals surface area (Å²) in [5.41, 5.74) is 7.15. The molecule has 54 heavy (non-hydrogen) atoms. The third-order valence-electron chi connectivity index (χ3n) is 9.82. The van der Waals surface area contributed by atoms with E-state index in [0.717, 1.165) is 65.6 Å². The lowest BCUT2D eigenvalue weighted by molar-refractivity contribution is 0.592. The predicted molar refractivity (Wildman–Crippen MR) is 224 cm³/mol. The van der Waals surface area contributed by atoms with Crippen molar-refractivity contribution < 1.29 is 4.57 Å². The SMILES string of the molecule is O=P(c1ccccc1)(c1ccccc1)c1ccc(-c2cc(-c3ccc(-c4nc(-c5ccccc5)nc(-c5ccccc5)n4)cc3)cc3ccccc23)cc1.